The van der Waals surface area contributed by atoms with Gasteiger partial charge < -0.3 is 9.80 Å². The molecule has 0 saturated carbocycles. The van der Waals surface area contributed by atoms with Gasteiger partial charge in [-0.3, -0.25) is 0 Å². The minimum absolute atomic E-state index is 0.0844. The van der Waals surface area contributed by atoms with E-state index in [4.69, 9.17) is 0 Å². The summed E-state index contributed by atoms with van der Waals surface area (Å²) in [4.78, 5) is 5.10. The lowest BCUT2D eigenvalue weighted by Gasteiger charge is -2.34. The fourth-order valence-electron chi connectivity index (χ4n) is 18.6. The predicted octanol–water partition coefficient (Wildman–Crippen LogP) is 31.2. The zero-order chi connectivity index (χ0) is 76.4. The molecule has 19 aromatic rings. The van der Waals surface area contributed by atoms with Crippen molar-refractivity contribution < 1.29 is 0 Å². The van der Waals surface area contributed by atoms with Crippen LogP contribution in [0.2, 0.25) is 0 Å². The summed E-state index contributed by atoms with van der Waals surface area (Å²) in [7, 11) is 0. The molecule has 0 N–H and O–H groups in total. The highest BCUT2D eigenvalue weighted by Gasteiger charge is 2.39. The first-order chi connectivity index (χ1) is 56.1. The highest BCUT2D eigenvalue weighted by atomic mass is 15.2. The van der Waals surface area contributed by atoms with Gasteiger partial charge in [0.25, 0.3) is 0 Å². The van der Waals surface area contributed by atoms with Gasteiger partial charge in [-0.15, -0.1) is 0 Å². The Morgan fingerprint density at radius 3 is 0.947 bits per heavy atom. The molecule has 19 aromatic carbocycles. The van der Waals surface area contributed by atoms with Crippen molar-refractivity contribution in [2.24, 2.45) is 0 Å². The van der Waals surface area contributed by atoms with Crippen molar-refractivity contribution in [3.8, 4) is 100 Å². The van der Waals surface area contributed by atoms with Crippen molar-refractivity contribution in [1.82, 2.24) is 0 Å². The quantitative estimate of drug-likeness (QED) is 0.114. The lowest BCUT2D eigenvalue weighted by Crippen LogP contribution is -2.16. The van der Waals surface area contributed by atoms with E-state index in [0.29, 0.717) is 0 Å². The Kier molecular flexibility index (Phi) is 17.3. The number of nitrogens with zero attached hydrogens (tertiary/aromatic N) is 2. The Balaban J connectivity index is 0.000000149. The highest BCUT2D eigenvalue weighted by Crippen LogP contribution is 2.58. The van der Waals surface area contributed by atoms with Gasteiger partial charge in [0.1, 0.15) is 0 Å². The van der Waals surface area contributed by atoms with Crippen molar-refractivity contribution >= 4 is 77.2 Å². The Bertz CT molecular complexity index is 6830. The largest absolute Gasteiger partial charge is 0.309 e. The van der Waals surface area contributed by atoms with Gasteiger partial charge in [0.05, 0.1) is 22.7 Å². The second kappa shape index (κ2) is 28.6. The van der Waals surface area contributed by atoms with Crippen molar-refractivity contribution in [2.45, 2.75) is 38.5 Å². The number of benzene rings is 19. The average Bonchev–Trinajstić information content (AvgIpc) is 1.26. The van der Waals surface area contributed by atoms with Crippen LogP contribution >= 0.6 is 0 Å². The molecule has 0 spiro atoms. The van der Waals surface area contributed by atoms with Crippen LogP contribution in [0.4, 0.5) is 34.1 Å². The minimum atomic E-state index is -0.117. The Morgan fingerprint density at radius 2 is 0.491 bits per heavy atom. The molecule has 0 heterocycles. The normalized spacial score (nSPS) is 12.7. The molecule has 21 rings (SSSR count). The first-order valence-electron chi connectivity index (χ1n) is 39.8. The minimum Gasteiger partial charge on any atom is -0.309 e. The molecule has 0 amide bonds. The van der Waals surface area contributed by atoms with Crippen LogP contribution in [0.15, 0.2) is 425 Å². The predicted molar refractivity (Wildman–Crippen MR) is 485 cm³/mol. The maximum absolute atomic E-state index is 2.58. The molecule has 2 nitrogen and oxygen atoms in total. The third-order valence-corrected chi connectivity index (χ3v) is 24.1. The topological polar surface area (TPSA) is 6.48 Å². The molecular weight excluding hydrogens is 1370 g/mol. The smallest absolute Gasteiger partial charge is 0.0619 e. The summed E-state index contributed by atoms with van der Waals surface area (Å²) < 4.78 is 0. The van der Waals surface area contributed by atoms with Crippen LogP contribution < -0.4 is 9.80 Å². The summed E-state index contributed by atoms with van der Waals surface area (Å²) in [6.07, 6.45) is 0. The molecule has 114 heavy (non-hydrogen) atoms. The molecule has 2 heteroatoms. The molecule has 0 aromatic heterocycles. The van der Waals surface area contributed by atoms with Crippen LogP contribution in [-0.4, -0.2) is 0 Å². The first-order valence-corrected chi connectivity index (χ1v) is 39.8. The second-order valence-electron chi connectivity index (χ2n) is 31.4. The molecule has 0 bridgehead atoms. The lowest BCUT2D eigenvalue weighted by atomic mass is 9.82. The van der Waals surface area contributed by atoms with Crippen LogP contribution in [-0.2, 0) is 10.8 Å². The highest BCUT2D eigenvalue weighted by molar-refractivity contribution is 6.15. The zero-order valence-electron chi connectivity index (χ0n) is 64.3. The van der Waals surface area contributed by atoms with Crippen LogP contribution in [0.3, 0.4) is 0 Å². The molecule has 0 radical (unpaired) electrons. The second-order valence-corrected chi connectivity index (χ2v) is 31.4. The van der Waals surface area contributed by atoms with Crippen LogP contribution in [0.25, 0.3) is 143 Å². The number of hydrogen-bond donors (Lipinski definition) is 0. The van der Waals surface area contributed by atoms with Gasteiger partial charge in [-0.05, 0) is 198 Å². The average molecular weight is 1460 g/mol. The summed E-state index contributed by atoms with van der Waals surface area (Å²) in [5.41, 5.74) is 33.8. The Labute approximate surface area is 668 Å². The summed E-state index contributed by atoms with van der Waals surface area (Å²) in [5.74, 6) is 0. The molecule has 0 aliphatic heterocycles. The molecule has 0 saturated heterocycles. The third-order valence-electron chi connectivity index (χ3n) is 24.1. The van der Waals surface area contributed by atoms with E-state index < -0.39 is 0 Å². The van der Waals surface area contributed by atoms with Crippen molar-refractivity contribution in [3.63, 3.8) is 0 Å². The third kappa shape index (κ3) is 12.0. The van der Waals surface area contributed by atoms with E-state index in [-0.39, 0.29) is 10.8 Å². The lowest BCUT2D eigenvalue weighted by molar-refractivity contribution is 0.660. The van der Waals surface area contributed by atoms with E-state index in [9.17, 15) is 0 Å². The Hall–Kier alpha value is -14.2. The van der Waals surface area contributed by atoms with Gasteiger partial charge in [-0.2, -0.15) is 0 Å². The molecule has 0 unspecified atom stereocenters. The fourth-order valence-corrected chi connectivity index (χ4v) is 18.6. The van der Waals surface area contributed by atoms with Crippen molar-refractivity contribution in [3.05, 3.63) is 447 Å². The summed E-state index contributed by atoms with van der Waals surface area (Å²) in [6.45, 7) is 9.43. The molecule has 540 valence electrons. The van der Waals surface area contributed by atoms with Crippen molar-refractivity contribution in [1.29, 1.82) is 0 Å². The standard InChI is InChI=1S/C59H43N.C53H39N/c1-59(2)54-32-17-16-30-49(54)53-39-46(34-35-55(53)59)60(56-36-33-44-26-13-15-29-48(44)57(56)50-31-18-27-41-25-12-14-28-47(41)50)58-51(42-21-8-4-9-22-42)37-45(40-19-6-3-7-20-40)38-52(58)43-23-10-5-11-24-43;1-53(2)48-27-14-13-25-44(48)47-35-41(30-31-49(47)53)54(50-32-29-40(36-16-5-3-6-17-36)34-46(50)38-18-7-4-8-19-38)51-33-28-39-21-10-12-24-43(39)52(51)45-26-15-22-37-20-9-11-23-42(37)45/h3-39H,1-2H3;3-35H,1-2H3. The van der Waals surface area contributed by atoms with Crippen LogP contribution in [0, 0.1) is 0 Å². The number of fused-ring (bicyclic) bond motifs is 10. The summed E-state index contributed by atoms with van der Waals surface area (Å²) >= 11 is 0. The molecule has 0 fully saturated rings. The summed E-state index contributed by atoms with van der Waals surface area (Å²) in [6, 6.07) is 156. The molecule has 0 atom stereocenters. The molecule has 2 aliphatic rings. The number of hydrogen-bond acceptors (Lipinski definition) is 2. The van der Waals surface area contributed by atoms with Gasteiger partial charge in [-0.1, -0.05) is 392 Å². The van der Waals surface area contributed by atoms with Gasteiger partial charge in [0, 0.05) is 50.0 Å². The van der Waals surface area contributed by atoms with Crippen LogP contribution in [0.5, 0.6) is 0 Å². The maximum Gasteiger partial charge on any atom is 0.0619 e. The van der Waals surface area contributed by atoms with E-state index >= 15 is 0 Å². The van der Waals surface area contributed by atoms with Crippen molar-refractivity contribution in [2.75, 3.05) is 9.80 Å². The van der Waals surface area contributed by atoms with E-state index in [1.165, 1.54) is 143 Å². The Morgan fingerprint density at radius 1 is 0.175 bits per heavy atom. The van der Waals surface area contributed by atoms with Gasteiger partial charge >= 0.3 is 0 Å². The van der Waals surface area contributed by atoms with E-state index in [2.05, 4.69) is 462 Å². The molecular formula is C112H82N2. The monoisotopic (exact) mass is 1450 g/mol. The molecule has 2 aliphatic carbocycles. The van der Waals surface area contributed by atoms with Gasteiger partial charge in [0.15, 0.2) is 0 Å². The maximum atomic E-state index is 2.58. The van der Waals surface area contributed by atoms with E-state index in [1.807, 2.05) is 0 Å². The number of rotatable bonds is 13. The fraction of sp³-hybridized carbons (Fsp3) is 0.0536. The van der Waals surface area contributed by atoms with Gasteiger partial charge in [-0.25, -0.2) is 0 Å². The van der Waals surface area contributed by atoms with Crippen LogP contribution in [0.1, 0.15) is 49.9 Å². The first kappa shape index (κ1) is 69.0. The van der Waals surface area contributed by atoms with Gasteiger partial charge in [0.2, 0.25) is 0 Å². The van der Waals surface area contributed by atoms with E-state index in [1.54, 1.807) is 0 Å². The SMILES string of the molecule is CC1(C)c2ccccc2-c2cc(N(c3ccc(-c4ccccc4)cc3-c3ccccc3)c3ccc4ccccc4c3-c3cccc4ccccc34)ccc21.CC1(C)c2ccccc2-c2cc(N(c3ccc4ccccc4c3-c3cccc4ccccc34)c3c(-c4ccccc4)cc(-c4ccccc4)cc3-c3ccccc3)ccc21. The summed E-state index contributed by atoms with van der Waals surface area (Å²) in [5, 5.41) is 9.79. The van der Waals surface area contributed by atoms with E-state index in [0.717, 1.165) is 56.4 Å². The zero-order valence-corrected chi connectivity index (χ0v) is 64.3. The number of anilines is 6.